The highest BCUT2D eigenvalue weighted by Crippen LogP contribution is 2.20. The van der Waals surface area contributed by atoms with Crippen LogP contribution in [0.1, 0.15) is 27.9 Å². The van der Waals surface area contributed by atoms with Gasteiger partial charge in [-0.25, -0.2) is 0 Å². The molecule has 1 aromatic rings. The minimum atomic E-state index is -0.0909. The summed E-state index contributed by atoms with van der Waals surface area (Å²) < 4.78 is 0. The largest absolute Gasteiger partial charge is 0.352 e. The van der Waals surface area contributed by atoms with Crippen LogP contribution in [0.3, 0.4) is 0 Å². The average molecular weight is 347 g/mol. The van der Waals surface area contributed by atoms with Gasteiger partial charge in [-0.3, -0.25) is 9.59 Å². The van der Waals surface area contributed by atoms with Gasteiger partial charge in [-0.05, 0) is 38.3 Å². The predicted molar refractivity (Wildman–Crippen MR) is 97.2 cm³/mol. The number of nitrogens with zero attached hydrogens (tertiary/aromatic N) is 1. The van der Waals surface area contributed by atoms with Gasteiger partial charge in [0.15, 0.2) is 0 Å². The third-order valence-electron chi connectivity index (χ3n) is 4.62. The molecule has 0 bridgehead atoms. The first kappa shape index (κ1) is 17.3. The molecule has 6 heteroatoms. The Balaban J connectivity index is 1.49. The SMILES string of the molecule is Cc1cc(C)cc(C(=O)NCC2CNC(C(=O)N3CCSC3)C2)c1. The molecule has 2 fully saturated rings. The molecule has 0 spiro atoms. The molecule has 0 aliphatic carbocycles. The first-order chi connectivity index (χ1) is 11.5. The van der Waals surface area contributed by atoms with Gasteiger partial charge in [0, 0.05) is 31.0 Å². The van der Waals surface area contributed by atoms with Crippen LogP contribution in [0.15, 0.2) is 18.2 Å². The number of nitrogens with one attached hydrogen (secondary N) is 2. The highest BCUT2D eigenvalue weighted by atomic mass is 32.2. The summed E-state index contributed by atoms with van der Waals surface area (Å²) in [5.74, 6) is 2.33. The van der Waals surface area contributed by atoms with Gasteiger partial charge in [-0.1, -0.05) is 17.2 Å². The Bertz CT molecular complexity index is 608. The van der Waals surface area contributed by atoms with Crippen molar-refractivity contribution >= 4 is 23.6 Å². The van der Waals surface area contributed by atoms with Crippen molar-refractivity contribution in [3.05, 3.63) is 34.9 Å². The van der Waals surface area contributed by atoms with Crippen molar-refractivity contribution in [3.8, 4) is 0 Å². The Kier molecular flexibility index (Phi) is 5.46. The molecule has 2 amide bonds. The third kappa shape index (κ3) is 4.11. The average Bonchev–Trinajstić information content (AvgIpc) is 3.22. The van der Waals surface area contributed by atoms with Gasteiger partial charge in [-0.15, -0.1) is 11.8 Å². The zero-order valence-corrected chi connectivity index (χ0v) is 15.1. The fourth-order valence-corrected chi connectivity index (χ4v) is 4.36. The topological polar surface area (TPSA) is 61.4 Å². The lowest BCUT2D eigenvalue weighted by Gasteiger charge is -2.19. The third-order valence-corrected chi connectivity index (χ3v) is 5.59. The van der Waals surface area contributed by atoms with Crippen molar-refractivity contribution in [2.24, 2.45) is 5.92 Å². The highest BCUT2D eigenvalue weighted by Gasteiger charge is 2.33. The fraction of sp³-hybridized carbons (Fsp3) is 0.556. The van der Waals surface area contributed by atoms with Crippen LogP contribution >= 0.6 is 11.8 Å². The van der Waals surface area contributed by atoms with E-state index in [1.807, 2.05) is 30.9 Å². The lowest BCUT2D eigenvalue weighted by molar-refractivity contribution is -0.131. The number of carbonyl (C=O) groups excluding carboxylic acids is 2. The van der Waals surface area contributed by atoms with Crippen molar-refractivity contribution in [3.63, 3.8) is 0 Å². The lowest BCUT2D eigenvalue weighted by atomic mass is 10.0. The van der Waals surface area contributed by atoms with E-state index in [1.165, 1.54) is 0 Å². The first-order valence-corrected chi connectivity index (χ1v) is 9.65. The van der Waals surface area contributed by atoms with Gasteiger partial charge >= 0.3 is 0 Å². The number of carbonyl (C=O) groups is 2. The van der Waals surface area contributed by atoms with Gasteiger partial charge < -0.3 is 15.5 Å². The Morgan fingerprint density at radius 1 is 1.29 bits per heavy atom. The Morgan fingerprint density at radius 3 is 2.71 bits per heavy atom. The van der Waals surface area contributed by atoms with Crippen molar-refractivity contribution in [1.82, 2.24) is 15.5 Å². The van der Waals surface area contributed by atoms with Crippen LogP contribution in [-0.2, 0) is 4.79 Å². The molecule has 2 aliphatic heterocycles. The quantitative estimate of drug-likeness (QED) is 0.867. The maximum atomic E-state index is 12.4. The first-order valence-electron chi connectivity index (χ1n) is 8.49. The van der Waals surface area contributed by atoms with E-state index in [2.05, 4.69) is 16.7 Å². The Hall–Kier alpha value is -1.53. The van der Waals surface area contributed by atoms with E-state index in [-0.39, 0.29) is 17.9 Å². The second kappa shape index (κ2) is 7.57. The minimum absolute atomic E-state index is 0.0347. The molecule has 1 aromatic carbocycles. The molecule has 5 nitrogen and oxygen atoms in total. The molecule has 130 valence electrons. The maximum Gasteiger partial charge on any atom is 0.251 e. The van der Waals surface area contributed by atoms with Crippen LogP contribution in [-0.4, -0.2) is 54.0 Å². The molecular formula is C18H25N3O2S. The van der Waals surface area contributed by atoms with Crippen LogP contribution in [0.5, 0.6) is 0 Å². The van der Waals surface area contributed by atoms with Crippen molar-refractivity contribution in [2.45, 2.75) is 26.3 Å². The molecule has 2 atom stereocenters. The second-order valence-electron chi connectivity index (χ2n) is 6.79. The van der Waals surface area contributed by atoms with Gasteiger partial charge in [0.1, 0.15) is 0 Å². The maximum absolute atomic E-state index is 12.4. The molecule has 3 rings (SSSR count). The summed E-state index contributed by atoms with van der Waals surface area (Å²) in [7, 11) is 0. The molecule has 2 N–H and O–H groups in total. The summed E-state index contributed by atoms with van der Waals surface area (Å²) in [6, 6.07) is 5.79. The molecule has 2 heterocycles. The number of hydrogen-bond donors (Lipinski definition) is 2. The van der Waals surface area contributed by atoms with Gasteiger partial charge in [0.25, 0.3) is 5.91 Å². The smallest absolute Gasteiger partial charge is 0.251 e. The second-order valence-corrected chi connectivity index (χ2v) is 7.86. The van der Waals surface area contributed by atoms with E-state index in [9.17, 15) is 9.59 Å². The molecular weight excluding hydrogens is 322 g/mol. The van der Waals surface area contributed by atoms with Gasteiger partial charge in [0.05, 0.1) is 11.9 Å². The zero-order chi connectivity index (χ0) is 17.1. The molecule has 24 heavy (non-hydrogen) atoms. The van der Waals surface area contributed by atoms with Crippen LogP contribution in [0.25, 0.3) is 0 Å². The number of thioether (sulfide) groups is 1. The Morgan fingerprint density at radius 2 is 2.04 bits per heavy atom. The van der Waals surface area contributed by atoms with Crippen molar-refractivity contribution < 1.29 is 9.59 Å². The minimum Gasteiger partial charge on any atom is -0.352 e. The predicted octanol–water partition coefficient (Wildman–Crippen LogP) is 1.54. The molecule has 2 aliphatic rings. The van der Waals surface area contributed by atoms with Crippen LogP contribution in [0.4, 0.5) is 0 Å². The summed E-state index contributed by atoms with van der Waals surface area (Å²) in [4.78, 5) is 26.6. The summed E-state index contributed by atoms with van der Waals surface area (Å²) >= 11 is 1.80. The van der Waals surface area contributed by atoms with E-state index < -0.39 is 0 Å². The summed E-state index contributed by atoms with van der Waals surface area (Å²) in [6.45, 7) is 6.24. The van der Waals surface area contributed by atoms with E-state index in [0.29, 0.717) is 18.0 Å². The molecule has 2 saturated heterocycles. The number of benzene rings is 1. The normalized spacial score (nSPS) is 23.5. The van der Waals surface area contributed by atoms with Crippen LogP contribution < -0.4 is 10.6 Å². The fourth-order valence-electron chi connectivity index (χ4n) is 3.41. The summed E-state index contributed by atoms with van der Waals surface area (Å²) in [5.41, 5.74) is 2.90. The molecule has 0 saturated carbocycles. The molecule has 2 unspecified atom stereocenters. The monoisotopic (exact) mass is 347 g/mol. The highest BCUT2D eigenvalue weighted by molar-refractivity contribution is 7.99. The summed E-state index contributed by atoms with van der Waals surface area (Å²) in [6.07, 6.45) is 0.799. The molecule has 0 aromatic heterocycles. The lowest BCUT2D eigenvalue weighted by Crippen LogP contribution is -2.42. The molecule has 0 radical (unpaired) electrons. The van der Waals surface area contributed by atoms with Crippen LogP contribution in [0, 0.1) is 19.8 Å². The van der Waals surface area contributed by atoms with E-state index in [1.54, 1.807) is 11.8 Å². The number of aryl methyl sites for hydroxylation is 2. The standard InChI is InChI=1S/C18H25N3O2S/c1-12-5-13(2)7-15(6-12)17(22)20-10-14-8-16(19-9-14)18(23)21-3-4-24-11-21/h5-7,14,16,19H,3-4,8-11H2,1-2H3,(H,20,22). The van der Waals surface area contributed by atoms with Crippen molar-refractivity contribution in [1.29, 1.82) is 0 Å². The number of rotatable bonds is 4. The van der Waals surface area contributed by atoms with E-state index in [0.717, 1.165) is 42.3 Å². The Labute approximate surface area is 147 Å². The van der Waals surface area contributed by atoms with E-state index >= 15 is 0 Å². The van der Waals surface area contributed by atoms with Crippen LogP contribution in [0.2, 0.25) is 0 Å². The zero-order valence-electron chi connectivity index (χ0n) is 14.3. The van der Waals surface area contributed by atoms with Gasteiger partial charge in [0.2, 0.25) is 5.91 Å². The summed E-state index contributed by atoms with van der Waals surface area (Å²) in [5, 5.41) is 6.33. The number of amides is 2. The van der Waals surface area contributed by atoms with Gasteiger partial charge in [-0.2, -0.15) is 0 Å². The van der Waals surface area contributed by atoms with Crippen molar-refractivity contribution in [2.75, 3.05) is 31.3 Å². The van der Waals surface area contributed by atoms with E-state index in [4.69, 9.17) is 0 Å². The number of hydrogen-bond acceptors (Lipinski definition) is 4.